The normalized spacial score (nSPS) is 10.7. The van der Waals surface area contributed by atoms with Crippen LogP contribution in [0.4, 0.5) is 0 Å². The van der Waals surface area contributed by atoms with Crippen LogP contribution < -0.4 is 9.47 Å². The molecule has 0 spiro atoms. The van der Waals surface area contributed by atoms with Crippen LogP contribution in [0.5, 0.6) is 11.5 Å². The van der Waals surface area contributed by atoms with Crippen LogP contribution in [0.3, 0.4) is 0 Å². The summed E-state index contributed by atoms with van der Waals surface area (Å²) < 4.78 is 11.4. The summed E-state index contributed by atoms with van der Waals surface area (Å²) in [6.45, 7) is 3.21. The zero-order valence-corrected chi connectivity index (χ0v) is 13.1. The number of fused-ring (bicyclic) bond motifs is 1. The largest absolute Gasteiger partial charge is 0.493 e. The van der Waals surface area contributed by atoms with Gasteiger partial charge in [0.2, 0.25) is 0 Å². The Hall–Kier alpha value is -0.930. The second kappa shape index (κ2) is 7.01. The van der Waals surface area contributed by atoms with Crippen molar-refractivity contribution in [3.05, 3.63) is 35.4 Å². The van der Waals surface area contributed by atoms with Gasteiger partial charge in [-0.15, -0.1) is 0 Å². The van der Waals surface area contributed by atoms with Gasteiger partial charge in [-0.1, -0.05) is 51.8 Å². The molecule has 102 valence electrons. The Morgan fingerprint density at radius 2 is 1.89 bits per heavy atom. The van der Waals surface area contributed by atoms with Crippen molar-refractivity contribution in [3.8, 4) is 11.5 Å². The Morgan fingerprint density at radius 3 is 2.58 bits per heavy atom. The van der Waals surface area contributed by atoms with Gasteiger partial charge in [0.1, 0.15) is 11.5 Å². The van der Waals surface area contributed by atoms with Gasteiger partial charge in [-0.25, -0.2) is 0 Å². The minimum absolute atomic E-state index is 0.591. The molecule has 2 aromatic rings. The van der Waals surface area contributed by atoms with E-state index in [1.807, 2.05) is 37.3 Å². The first kappa shape index (κ1) is 14.5. The van der Waals surface area contributed by atoms with Crippen molar-refractivity contribution in [3.63, 3.8) is 0 Å². The van der Waals surface area contributed by atoms with Crippen LogP contribution in [0.15, 0.2) is 30.3 Å². The fourth-order valence-corrected chi connectivity index (χ4v) is 2.41. The SMILES string of the molecule is CCOc1c(Cl)cc(OCCCBr)c2ccccc12. The molecule has 0 bridgehead atoms. The molecule has 0 aliphatic carbocycles. The molecule has 0 saturated carbocycles. The molecule has 0 saturated heterocycles. The molecule has 2 rings (SSSR count). The number of rotatable bonds is 6. The van der Waals surface area contributed by atoms with Crippen molar-refractivity contribution in [1.29, 1.82) is 0 Å². The average Bonchev–Trinajstić information content (AvgIpc) is 2.43. The topological polar surface area (TPSA) is 18.5 Å². The Bertz CT molecular complexity index is 557. The molecule has 0 aliphatic heterocycles. The molecule has 0 unspecified atom stereocenters. The predicted octanol–water partition coefficient (Wildman–Crippen LogP) is 5.06. The first-order valence-corrected chi connectivity index (χ1v) is 7.80. The number of hydrogen-bond donors (Lipinski definition) is 0. The fraction of sp³-hybridized carbons (Fsp3) is 0.333. The highest BCUT2D eigenvalue weighted by Gasteiger charge is 2.12. The molecular weight excluding hydrogens is 328 g/mol. The fourth-order valence-electron chi connectivity index (χ4n) is 1.93. The van der Waals surface area contributed by atoms with E-state index in [-0.39, 0.29) is 0 Å². The highest BCUT2D eigenvalue weighted by molar-refractivity contribution is 9.09. The van der Waals surface area contributed by atoms with Crippen molar-refractivity contribution in [2.24, 2.45) is 0 Å². The van der Waals surface area contributed by atoms with E-state index in [0.29, 0.717) is 18.2 Å². The van der Waals surface area contributed by atoms with Gasteiger partial charge < -0.3 is 9.47 Å². The molecule has 0 fully saturated rings. The standard InChI is InChI=1S/C15H16BrClO2/c1-2-18-15-12-7-4-3-6-11(12)14(10-13(15)17)19-9-5-8-16/h3-4,6-7,10H,2,5,8-9H2,1H3. The second-order valence-corrected chi connectivity index (χ2v) is 5.26. The molecule has 0 aliphatic rings. The van der Waals surface area contributed by atoms with Crippen LogP contribution in [0.1, 0.15) is 13.3 Å². The minimum Gasteiger partial charge on any atom is -0.493 e. The lowest BCUT2D eigenvalue weighted by Crippen LogP contribution is -2.00. The van der Waals surface area contributed by atoms with Crippen molar-refractivity contribution in [2.45, 2.75) is 13.3 Å². The van der Waals surface area contributed by atoms with Crippen LogP contribution in [0.25, 0.3) is 10.8 Å². The van der Waals surface area contributed by atoms with Gasteiger partial charge in [0.05, 0.1) is 18.2 Å². The smallest absolute Gasteiger partial charge is 0.145 e. The lowest BCUT2D eigenvalue weighted by molar-refractivity contribution is 0.320. The quantitative estimate of drug-likeness (QED) is 0.539. The van der Waals surface area contributed by atoms with Gasteiger partial charge in [-0.05, 0) is 13.3 Å². The average molecular weight is 344 g/mol. The third-order valence-corrected chi connectivity index (χ3v) is 3.58. The lowest BCUT2D eigenvalue weighted by atomic mass is 10.1. The van der Waals surface area contributed by atoms with Gasteiger partial charge in [0, 0.05) is 22.2 Å². The summed E-state index contributed by atoms with van der Waals surface area (Å²) in [6, 6.07) is 9.83. The third kappa shape index (κ3) is 3.34. The monoisotopic (exact) mass is 342 g/mol. The van der Waals surface area contributed by atoms with E-state index >= 15 is 0 Å². The summed E-state index contributed by atoms with van der Waals surface area (Å²) >= 11 is 9.68. The molecule has 0 atom stereocenters. The Morgan fingerprint density at radius 1 is 1.16 bits per heavy atom. The van der Waals surface area contributed by atoms with Gasteiger partial charge in [0.15, 0.2) is 0 Å². The molecule has 0 aromatic heterocycles. The maximum absolute atomic E-state index is 6.29. The summed E-state index contributed by atoms with van der Waals surface area (Å²) in [4.78, 5) is 0. The van der Waals surface area contributed by atoms with Crippen LogP contribution in [-0.2, 0) is 0 Å². The van der Waals surface area contributed by atoms with Crippen LogP contribution in [0.2, 0.25) is 5.02 Å². The number of alkyl halides is 1. The number of halogens is 2. The van der Waals surface area contributed by atoms with E-state index in [4.69, 9.17) is 21.1 Å². The van der Waals surface area contributed by atoms with Crippen LogP contribution in [0, 0.1) is 0 Å². The molecule has 4 heteroatoms. The Balaban J connectivity index is 2.45. The summed E-state index contributed by atoms with van der Waals surface area (Å²) in [5.41, 5.74) is 0. The minimum atomic E-state index is 0.591. The molecule has 2 aromatic carbocycles. The van der Waals surface area contributed by atoms with Gasteiger partial charge in [-0.3, -0.25) is 0 Å². The predicted molar refractivity (Wildman–Crippen MR) is 84.0 cm³/mol. The van der Waals surface area contributed by atoms with E-state index < -0.39 is 0 Å². The van der Waals surface area contributed by atoms with Crippen LogP contribution in [-0.4, -0.2) is 18.5 Å². The summed E-state index contributed by atoms with van der Waals surface area (Å²) in [6.07, 6.45) is 0.957. The first-order valence-electron chi connectivity index (χ1n) is 6.30. The highest BCUT2D eigenvalue weighted by Crippen LogP contribution is 2.39. The van der Waals surface area contributed by atoms with Crippen molar-refractivity contribution >= 4 is 38.3 Å². The van der Waals surface area contributed by atoms with E-state index in [2.05, 4.69) is 15.9 Å². The maximum Gasteiger partial charge on any atom is 0.145 e. The maximum atomic E-state index is 6.29. The number of ether oxygens (including phenoxy) is 2. The summed E-state index contributed by atoms with van der Waals surface area (Å²) in [5.74, 6) is 1.54. The molecule has 0 heterocycles. The van der Waals surface area contributed by atoms with Gasteiger partial charge in [0.25, 0.3) is 0 Å². The Labute approximate surface area is 126 Å². The Kier molecular flexibility index (Phi) is 5.34. The molecule has 0 amide bonds. The van der Waals surface area contributed by atoms with Crippen molar-refractivity contribution in [1.82, 2.24) is 0 Å². The number of hydrogen-bond acceptors (Lipinski definition) is 2. The summed E-state index contributed by atoms with van der Waals surface area (Å²) in [5, 5.41) is 3.54. The van der Waals surface area contributed by atoms with E-state index in [1.165, 1.54) is 0 Å². The van der Waals surface area contributed by atoms with E-state index in [9.17, 15) is 0 Å². The number of benzene rings is 2. The first-order chi connectivity index (χ1) is 9.27. The van der Waals surface area contributed by atoms with Crippen molar-refractivity contribution < 1.29 is 9.47 Å². The molecule has 2 nitrogen and oxygen atoms in total. The lowest BCUT2D eigenvalue weighted by Gasteiger charge is -2.14. The van der Waals surface area contributed by atoms with Crippen molar-refractivity contribution in [2.75, 3.05) is 18.5 Å². The third-order valence-electron chi connectivity index (χ3n) is 2.74. The van der Waals surface area contributed by atoms with E-state index in [0.717, 1.165) is 34.0 Å². The zero-order chi connectivity index (χ0) is 13.7. The van der Waals surface area contributed by atoms with Crippen LogP contribution >= 0.6 is 27.5 Å². The van der Waals surface area contributed by atoms with Gasteiger partial charge in [-0.2, -0.15) is 0 Å². The molecular formula is C15H16BrClO2. The zero-order valence-electron chi connectivity index (χ0n) is 10.8. The molecule has 0 N–H and O–H groups in total. The van der Waals surface area contributed by atoms with Gasteiger partial charge >= 0.3 is 0 Å². The van der Waals surface area contributed by atoms with E-state index in [1.54, 1.807) is 0 Å². The molecule has 0 radical (unpaired) electrons. The molecule has 19 heavy (non-hydrogen) atoms. The highest BCUT2D eigenvalue weighted by atomic mass is 79.9. The summed E-state index contributed by atoms with van der Waals surface area (Å²) in [7, 11) is 0. The second-order valence-electron chi connectivity index (χ2n) is 4.06.